The lowest BCUT2D eigenvalue weighted by molar-refractivity contribution is -0.130. The van der Waals surface area contributed by atoms with Gasteiger partial charge < -0.3 is 4.90 Å². The molecule has 160 valence electrons. The van der Waals surface area contributed by atoms with Crippen LogP contribution in [0.25, 0.3) is 0 Å². The monoisotopic (exact) mass is 434 g/mol. The third kappa shape index (κ3) is 4.35. The van der Waals surface area contributed by atoms with Crippen LogP contribution in [0.1, 0.15) is 23.6 Å². The average Bonchev–Trinajstić information content (AvgIpc) is 2.82. The second-order valence-electron chi connectivity index (χ2n) is 7.64. The van der Waals surface area contributed by atoms with Crippen LogP contribution in [0.2, 0.25) is 0 Å². The number of sulfonamides is 1. The number of carbonyl (C=O) groups is 1. The molecule has 0 saturated heterocycles. The minimum Gasteiger partial charge on any atom is -0.336 e. The van der Waals surface area contributed by atoms with Crippen molar-refractivity contribution in [3.63, 3.8) is 0 Å². The van der Waals surface area contributed by atoms with Gasteiger partial charge in [-0.05, 0) is 47.7 Å². The standard InChI is InChI=1S/C25H26N2O3S/c1-2-20-10-8-9-15-24(20)27(31(29,30)23-13-4-3-5-14-23)19-25(28)26-17-16-21-11-6-7-12-22(21)18-26/h3-15H,2,16-19H2,1H3. The molecule has 3 aromatic rings. The van der Waals surface area contributed by atoms with E-state index in [1.165, 1.54) is 9.87 Å². The number of amides is 1. The number of anilines is 1. The first-order chi connectivity index (χ1) is 15.0. The summed E-state index contributed by atoms with van der Waals surface area (Å²) in [5.41, 5.74) is 3.81. The number of hydrogen-bond donors (Lipinski definition) is 0. The molecular formula is C25H26N2O3S. The van der Waals surface area contributed by atoms with E-state index in [1.54, 1.807) is 41.3 Å². The number of nitrogens with zero attached hydrogens (tertiary/aromatic N) is 2. The highest BCUT2D eigenvalue weighted by Gasteiger charge is 2.31. The van der Waals surface area contributed by atoms with Gasteiger partial charge in [0.25, 0.3) is 10.0 Å². The van der Waals surface area contributed by atoms with Gasteiger partial charge in [-0.2, -0.15) is 0 Å². The quantitative estimate of drug-likeness (QED) is 0.589. The normalized spacial score (nSPS) is 13.5. The molecule has 4 rings (SSSR count). The third-order valence-electron chi connectivity index (χ3n) is 5.73. The van der Waals surface area contributed by atoms with Gasteiger partial charge in [0.1, 0.15) is 6.54 Å². The zero-order chi connectivity index (χ0) is 21.8. The van der Waals surface area contributed by atoms with Gasteiger partial charge in [0.05, 0.1) is 10.6 Å². The van der Waals surface area contributed by atoms with Crippen LogP contribution in [0.15, 0.2) is 83.8 Å². The highest BCUT2D eigenvalue weighted by molar-refractivity contribution is 7.92. The maximum atomic E-state index is 13.6. The lowest BCUT2D eigenvalue weighted by Gasteiger charge is -2.32. The fourth-order valence-corrected chi connectivity index (χ4v) is 5.48. The van der Waals surface area contributed by atoms with Crippen LogP contribution >= 0.6 is 0 Å². The zero-order valence-corrected chi connectivity index (χ0v) is 18.4. The van der Waals surface area contributed by atoms with E-state index >= 15 is 0 Å². The van der Waals surface area contributed by atoms with Crippen molar-refractivity contribution >= 4 is 21.6 Å². The summed E-state index contributed by atoms with van der Waals surface area (Å²) in [7, 11) is -3.90. The Morgan fingerprint density at radius 3 is 2.29 bits per heavy atom. The minimum absolute atomic E-state index is 0.178. The molecule has 0 spiro atoms. The number of rotatable bonds is 6. The van der Waals surface area contributed by atoms with Gasteiger partial charge in [-0.25, -0.2) is 8.42 Å². The van der Waals surface area contributed by atoms with Crippen molar-refractivity contribution in [2.45, 2.75) is 31.2 Å². The van der Waals surface area contributed by atoms with E-state index in [0.717, 1.165) is 17.5 Å². The van der Waals surface area contributed by atoms with Crippen LogP contribution in [-0.4, -0.2) is 32.3 Å². The first kappa shape index (κ1) is 21.1. The van der Waals surface area contributed by atoms with E-state index in [0.29, 0.717) is 25.2 Å². The third-order valence-corrected chi connectivity index (χ3v) is 7.51. The van der Waals surface area contributed by atoms with Gasteiger partial charge in [-0.1, -0.05) is 67.6 Å². The molecule has 0 bridgehead atoms. The minimum atomic E-state index is -3.90. The Balaban J connectivity index is 1.68. The molecule has 0 unspecified atom stereocenters. The maximum Gasteiger partial charge on any atom is 0.264 e. The van der Waals surface area contributed by atoms with E-state index in [9.17, 15) is 13.2 Å². The van der Waals surface area contributed by atoms with Crippen LogP contribution in [0.5, 0.6) is 0 Å². The molecule has 1 aliphatic heterocycles. The predicted octanol–water partition coefficient (Wildman–Crippen LogP) is 4.03. The van der Waals surface area contributed by atoms with E-state index in [2.05, 4.69) is 6.07 Å². The molecule has 3 aromatic carbocycles. The fourth-order valence-electron chi connectivity index (χ4n) is 4.00. The lowest BCUT2D eigenvalue weighted by Crippen LogP contribution is -2.45. The Hall–Kier alpha value is -3.12. The first-order valence-electron chi connectivity index (χ1n) is 10.5. The predicted molar refractivity (Wildman–Crippen MR) is 122 cm³/mol. The van der Waals surface area contributed by atoms with E-state index in [1.807, 2.05) is 43.3 Å². The summed E-state index contributed by atoms with van der Waals surface area (Å²) in [5, 5.41) is 0. The second kappa shape index (κ2) is 8.94. The van der Waals surface area contributed by atoms with Crippen LogP contribution in [0.4, 0.5) is 5.69 Å². The molecule has 0 aliphatic carbocycles. The van der Waals surface area contributed by atoms with Crippen LogP contribution < -0.4 is 4.31 Å². The van der Waals surface area contributed by atoms with Gasteiger partial charge in [0.15, 0.2) is 0 Å². The lowest BCUT2D eigenvalue weighted by atomic mass is 10.00. The molecule has 0 N–H and O–H groups in total. The molecule has 0 fully saturated rings. The van der Waals surface area contributed by atoms with Crippen LogP contribution in [0.3, 0.4) is 0 Å². The summed E-state index contributed by atoms with van der Waals surface area (Å²) >= 11 is 0. The number of benzene rings is 3. The van der Waals surface area contributed by atoms with Crippen LogP contribution in [-0.2, 0) is 34.2 Å². The average molecular weight is 435 g/mol. The van der Waals surface area contributed by atoms with Gasteiger partial charge in [0, 0.05) is 13.1 Å². The molecule has 31 heavy (non-hydrogen) atoms. The SMILES string of the molecule is CCc1ccccc1N(CC(=O)N1CCc2ccccc2C1)S(=O)(=O)c1ccccc1. The summed E-state index contributed by atoms with van der Waals surface area (Å²) in [5.74, 6) is -0.195. The van der Waals surface area contributed by atoms with Crippen molar-refractivity contribution in [1.29, 1.82) is 0 Å². The Labute approximate surface area is 184 Å². The van der Waals surface area contributed by atoms with Crippen molar-refractivity contribution in [3.8, 4) is 0 Å². The van der Waals surface area contributed by atoms with E-state index in [-0.39, 0.29) is 17.3 Å². The topological polar surface area (TPSA) is 57.7 Å². The van der Waals surface area contributed by atoms with E-state index in [4.69, 9.17) is 0 Å². The molecule has 1 heterocycles. The molecular weight excluding hydrogens is 408 g/mol. The molecule has 1 amide bonds. The number of para-hydroxylation sites is 1. The molecule has 6 heteroatoms. The smallest absolute Gasteiger partial charge is 0.264 e. The zero-order valence-electron chi connectivity index (χ0n) is 17.6. The Kier molecular flexibility index (Phi) is 6.09. The van der Waals surface area contributed by atoms with Gasteiger partial charge in [-0.3, -0.25) is 9.10 Å². The summed E-state index contributed by atoms with van der Waals surface area (Å²) in [6.07, 6.45) is 1.45. The summed E-state index contributed by atoms with van der Waals surface area (Å²) in [6.45, 7) is 2.85. The van der Waals surface area contributed by atoms with Crippen molar-refractivity contribution in [3.05, 3.63) is 95.6 Å². The van der Waals surface area contributed by atoms with E-state index < -0.39 is 10.0 Å². The highest BCUT2D eigenvalue weighted by atomic mass is 32.2. The number of fused-ring (bicyclic) bond motifs is 1. The largest absolute Gasteiger partial charge is 0.336 e. The summed E-state index contributed by atoms with van der Waals surface area (Å²) in [4.78, 5) is 15.2. The van der Waals surface area contributed by atoms with Crippen LogP contribution in [0, 0.1) is 0 Å². The summed E-state index contributed by atoms with van der Waals surface area (Å²) in [6, 6.07) is 23.8. The fraction of sp³-hybridized carbons (Fsp3) is 0.240. The van der Waals surface area contributed by atoms with Crippen molar-refractivity contribution in [1.82, 2.24) is 4.90 Å². The number of hydrogen-bond acceptors (Lipinski definition) is 3. The van der Waals surface area contributed by atoms with Gasteiger partial charge in [0.2, 0.25) is 5.91 Å². The molecule has 0 aromatic heterocycles. The Bertz CT molecular complexity index is 1180. The Morgan fingerprint density at radius 2 is 1.55 bits per heavy atom. The van der Waals surface area contributed by atoms with Gasteiger partial charge in [-0.15, -0.1) is 0 Å². The first-order valence-corrected chi connectivity index (χ1v) is 11.9. The number of carbonyl (C=O) groups excluding carboxylic acids is 1. The van der Waals surface area contributed by atoms with Crippen molar-refractivity contribution in [2.24, 2.45) is 0 Å². The summed E-state index contributed by atoms with van der Waals surface area (Å²) < 4.78 is 28.4. The highest BCUT2D eigenvalue weighted by Crippen LogP contribution is 2.28. The number of aryl methyl sites for hydroxylation is 1. The molecule has 0 radical (unpaired) electrons. The maximum absolute atomic E-state index is 13.6. The molecule has 0 atom stereocenters. The molecule has 1 aliphatic rings. The van der Waals surface area contributed by atoms with Crippen molar-refractivity contribution < 1.29 is 13.2 Å². The van der Waals surface area contributed by atoms with Gasteiger partial charge >= 0.3 is 0 Å². The molecule has 5 nitrogen and oxygen atoms in total. The van der Waals surface area contributed by atoms with Crippen molar-refractivity contribution in [2.75, 3.05) is 17.4 Å². The molecule has 0 saturated carbocycles. The second-order valence-corrected chi connectivity index (χ2v) is 9.50. The Morgan fingerprint density at radius 1 is 0.903 bits per heavy atom.